The predicted octanol–water partition coefficient (Wildman–Crippen LogP) is 0.646. The van der Waals surface area contributed by atoms with Gasteiger partial charge in [0.25, 0.3) is 0 Å². The van der Waals surface area contributed by atoms with Crippen molar-refractivity contribution in [2.24, 2.45) is 10.7 Å². The van der Waals surface area contributed by atoms with Crippen LogP contribution in [-0.2, 0) is 19.5 Å². The number of guanidine groups is 1. The molecular formula is C17H24N8. The molecule has 0 saturated carbocycles. The SMILES string of the molecule is NC(=NCc1cn2c(n1)CCCC2)N1CCN(c2ncccn2)CC1. The number of aryl methyl sites for hydroxylation is 2. The number of piperazine rings is 1. The first-order chi connectivity index (χ1) is 12.3. The Morgan fingerprint density at radius 3 is 2.64 bits per heavy atom. The van der Waals surface area contributed by atoms with Crippen molar-refractivity contribution in [2.45, 2.75) is 32.4 Å². The number of hydrogen-bond donors (Lipinski definition) is 1. The molecule has 2 aromatic heterocycles. The van der Waals surface area contributed by atoms with Crippen LogP contribution in [0.3, 0.4) is 0 Å². The van der Waals surface area contributed by atoms with Crippen molar-refractivity contribution in [3.8, 4) is 0 Å². The number of fused-ring (bicyclic) bond motifs is 1. The van der Waals surface area contributed by atoms with Crippen LogP contribution < -0.4 is 10.6 Å². The second-order valence-electron chi connectivity index (χ2n) is 6.50. The van der Waals surface area contributed by atoms with E-state index in [2.05, 4.69) is 40.5 Å². The zero-order chi connectivity index (χ0) is 17.1. The molecule has 0 amide bonds. The summed E-state index contributed by atoms with van der Waals surface area (Å²) in [5.74, 6) is 2.56. The fourth-order valence-electron chi connectivity index (χ4n) is 3.40. The molecule has 2 N–H and O–H groups in total. The summed E-state index contributed by atoms with van der Waals surface area (Å²) in [6.07, 6.45) is 9.21. The van der Waals surface area contributed by atoms with Gasteiger partial charge in [0, 0.05) is 57.7 Å². The number of aliphatic imine (C=N–C) groups is 1. The molecule has 0 radical (unpaired) electrons. The molecule has 4 heterocycles. The van der Waals surface area contributed by atoms with Crippen molar-refractivity contribution in [1.29, 1.82) is 0 Å². The highest BCUT2D eigenvalue weighted by Crippen LogP contribution is 2.15. The van der Waals surface area contributed by atoms with Gasteiger partial charge in [-0.15, -0.1) is 0 Å². The Bertz CT molecular complexity index is 707. The second kappa shape index (κ2) is 7.08. The summed E-state index contributed by atoms with van der Waals surface area (Å²) in [7, 11) is 0. The van der Waals surface area contributed by atoms with Gasteiger partial charge in [0.15, 0.2) is 5.96 Å². The summed E-state index contributed by atoms with van der Waals surface area (Å²) in [5.41, 5.74) is 7.20. The van der Waals surface area contributed by atoms with Gasteiger partial charge in [-0.1, -0.05) is 0 Å². The smallest absolute Gasteiger partial charge is 0.225 e. The van der Waals surface area contributed by atoms with Gasteiger partial charge in [-0.05, 0) is 18.9 Å². The van der Waals surface area contributed by atoms with E-state index in [9.17, 15) is 0 Å². The maximum atomic E-state index is 6.19. The lowest BCUT2D eigenvalue weighted by Crippen LogP contribution is -2.51. The minimum atomic E-state index is 0.549. The first-order valence-electron chi connectivity index (χ1n) is 8.91. The van der Waals surface area contributed by atoms with Gasteiger partial charge in [-0.25, -0.2) is 19.9 Å². The van der Waals surface area contributed by atoms with E-state index in [1.165, 1.54) is 18.7 Å². The third-order valence-electron chi connectivity index (χ3n) is 4.80. The molecule has 8 heteroatoms. The Balaban J connectivity index is 1.33. The molecule has 8 nitrogen and oxygen atoms in total. The van der Waals surface area contributed by atoms with Gasteiger partial charge in [0.1, 0.15) is 5.82 Å². The maximum Gasteiger partial charge on any atom is 0.225 e. The number of imidazole rings is 1. The Labute approximate surface area is 147 Å². The molecule has 132 valence electrons. The largest absolute Gasteiger partial charge is 0.370 e. The minimum Gasteiger partial charge on any atom is -0.370 e. The number of hydrogen-bond acceptors (Lipinski definition) is 5. The summed E-state index contributed by atoms with van der Waals surface area (Å²) < 4.78 is 2.25. The average molecular weight is 340 g/mol. The molecule has 2 aromatic rings. The lowest BCUT2D eigenvalue weighted by atomic mass is 10.2. The Morgan fingerprint density at radius 1 is 1.08 bits per heavy atom. The monoisotopic (exact) mass is 340 g/mol. The van der Waals surface area contributed by atoms with E-state index < -0.39 is 0 Å². The first kappa shape index (κ1) is 15.9. The predicted molar refractivity (Wildman–Crippen MR) is 96.3 cm³/mol. The lowest BCUT2D eigenvalue weighted by molar-refractivity contribution is 0.378. The van der Waals surface area contributed by atoms with Crippen LogP contribution in [-0.4, -0.2) is 56.6 Å². The molecule has 0 aromatic carbocycles. The van der Waals surface area contributed by atoms with E-state index in [1.54, 1.807) is 12.4 Å². The number of rotatable bonds is 3. The van der Waals surface area contributed by atoms with Crippen LogP contribution in [0.4, 0.5) is 5.95 Å². The molecular weight excluding hydrogens is 316 g/mol. The topological polar surface area (TPSA) is 88.5 Å². The van der Waals surface area contributed by atoms with Crippen LogP contribution in [0.1, 0.15) is 24.4 Å². The highest BCUT2D eigenvalue weighted by molar-refractivity contribution is 5.78. The average Bonchev–Trinajstić information content (AvgIpc) is 3.10. The van der Waals surface area contributed by atoms with Crippen LogP contribution in [0.25, 0.3) is 0 Å². The number of nitrogens with two attached hydrogens (primary N) is 1. The van der Waals surface area contributed by atoms with Crippen molar-refractivity contribution in [3.63, 3.8) is 0 Å². The van der Waals surface area contributed by atoms with Crippen molar-refractivity contribution in [2.75, 3.05) is 31.1 Å². The van der Waals surface area contributed by atoms with E-state index in [-0.39, 0.29) is 0 Å². The van der Waals surface area contributed by atoms with Crippen molar-refractivity contribution >= 4 is 11.9 Å². The highest BCUT2D eigenvalue weighted by atomic mass is 15.4. The number of aromatic nitrogens is 4. The third kappa shape index (κ3) is 3.57. The molecule has 25 heavy (non-hydrogen) atoms. The van der Waals surface area contributed by atoms with Crippen LogP contribution in [0.2, 0.25) is 0 Å². The van der Waals surface area contributed by atoms with Crippen LogP contribution >= 0.6 is 0 Å². The summed E-state index contributed by atoms with van der Waals surface area (Å²) >= 11 is 0. The molecule has 0 bridgehead atoms. The Kier molecular flexibility index (Phi) is 4.49. The molecule has 0 aliphatic carbocycles. The molecule has 4 rings (SSSR count). The van der Waals surface area contributed by atoms with Gasteiger partial charge in [0.2, 0.25) is 5.95 Å². The van der Waals surface area contributed by atoms with Crippen molar-refractivity contribution in [3.05, 3.63) is 36.2 Å². The zero-order valence-corrected chi connectivity index (χ0v) is 14.4. The lowest BCUT2D eigenvalue weighted by Gasteiger charge is -2.35. The van der Waals surface area contributed by atoms with E-state index >= 15 is 0 Å². The third-order valence-corrected chi connectivity index (χ3v) is 4.80. The number of anilines is 1. The Hall–Kier alpha value is -2.64. The quantitative estimate of drug-likeness (QED) is 0.652. The van der Waals surface area contributed by atoms with Crippen LogP contribution in [0, 0.1) is 0 Å². The normalized spacial score (nSPS) is 18.3. The minimum absolute atomic E-state index is 0.549. The molecule has 1 fully saturated rings. The van der Waals surface area contributed by atoms with Crippen LogP contribution in [0.15, 0.2) is 29.6 Å². The summed E-state index contributed by atoms with van der Waals surface area (Å²) in [4.78, 5) is 22.1. The maximum absolute atomic E-state index is 6.19. The molecule has 2 aliphatic rings. The summed E-state index contributed by atoms with van der Waals surface area (Å²) in [5, 5.41) is 0. The van der Waals surface area contributed by atoms with Gasteiger partial charge in [-0.2, -0.15) is 0 Å². The van der Waals surface area contributed by atoms with E-state index in [1.807, 2.05) is 6.07 Å². The molecule has 0 spiro atoms. The first-order valence-corrected chi connectivity index (χ1v) is 8.91. The Morgan fingerprint density at radius 2 is 1.88 bits per heavy atom. The fraction of sp³-hybridized carbons (Fsp3) is 0.529. The summed E-state index contributed by atoms with van der Waals surface area (Å²) in [6.45, 7) is 4.97. The molecule has 0 atom stereocenters. The van der Waals surface area contributed by atoms with Gasteiger partial charge in [0.05, 0.1) is 12.2 Å². The second-order valence-corrected chi connectivity index (χ2v) is 6.50. The molecule has 2 aliphatic heterocycles. The van der Waals surface area contributed by atoms with Gasteiger partial charge >= 0.3 is 0 Å². The summed E-state index contributed by atoms with van der Waals surface area (Å²) in [6, 6.07) is 1.83. The fourth-order valence-corrected chi connectivity index (χ4v) is 3.40. The van der Waals surface area contributed by atoms with Crippen molar-refractivity contribution in [1.82, 2.24) is 24.4 Å². The van der Waals surface area contributed by atoms with Crippen LogP contribution in [0.5, 0.6) is 0 Å². The van der Waals surface area contributed by atoms with Crippen molar-refractivity contribution < 1.29 is 0 Å². The van der Waals surface area contributed by atoms with E-state index in [0.717, 1.165) is 50.8 Å². The molecule has 1 saturated heterocycles. The number of nitrogens with zero attached hydrogens (tertiary/aromatic N) is 7. The van der Waals surface area contributed by atoms with E-state index in [4.69, 9.17) is 5.73 Å². The highest BCUT2D eigenvalue weighted by Gasteiger charge is 2.20. The standard InChI is InChI=1S/C17H24N8/c18-16(21-12-14-13-25-7-2-1-4-15(25)22-14)23-8-10-24(11-9-23)17-19-5-3-6-20-17/h3,5-6,13H,1-2,4,7-12H2,(H2,18,21). The van der Waals surface area contributed by atoms with Gasteiger partial charge in [-0.3, -0.25) is 0 Å². The van der Waals surface area contributed by atoms with Gasteiger partial charge < -0.3 is 20.1 Å². The van der Waals surface area contributed by atoms with E-state index in [0.29, 0.717) is 12.5 Å². The molecule has 0 unspecified atom stereocenters. The zero-order valence-electron chi connectivity index (χ0n) is 14.4.